The van der Waals surface area contributed by atoms with E-state index in [9.17, 15) is 14.7 Å². The number of carboxylic acid groups (broad SMARTS) is 1. The van der Waals surface area contributed by atoms with Crippen LogP contribution in [0.3, 0.4) is 0 Å². The molecule has 0 aromatic heterocycles. The van der Waals surface area contributed by atoms with Gasteiger partial charge in [-0.3, -0.25) is 9.59 Å². The van der Waals surface area contributed by atoms with Crippen LogP contribution < -0.4 is 10.1 Å². The Kier molecular flexibility index (Phi) is 10.4. The lowest BCUT2D eigenvalue weighted by Crippen LogP contribution is -2.31. The van der Waals surface area contributed by atoms with Gasteiger partial charge < -0.3 is 29.7 Å². The summed E-state index contributed by atoms with van der Waals surface area (Å²) in [5.74, 6) is 0.245. The third-order valence-electron chi connectivity index (χ3n) is 6.42. The molecule has 4 rings (SSSR count). The molecule has 39 heavy (non-hydrogen) atoms. The number of methoxy groups -OCH3 is 1. The quantitative estimate of drug-likeness (QED) is 0.269. The van der Waals surface area contributed by atoms with Crippen molar-refractivity contribution in [1.82, 2.24) is 5.32 Å². The number of aliphatic carboxylic acids is 1. The van der Waals surface area contributed by atoms with Crippen molar-refractivity contribution in [3.63, 3.8) is 0 Å². The number of thioether (sulfide) groups is 1. The van der Waals surface area contributed by atoms with Gasteiger partial charge in [-0.1, -0.05) is 60.7 Å². The Morgan fingerprint density at radius 1 is 0.949 bits per heavy atom. The first-order valence-corrected chi connectivity index (χ1v) is 13.8. The summed E-state index contributed by atoms with van der Waals surface area (Å²) in [5.41, 5.74) is 3.61. The lowest BCUT2D eigenvalue weighted by Gasteiger charge is -2.36. The van der Waals surface area contributed by atoms with Crippen LogP contribution in [0, 0.1) is 0 Å². The average Bonchev–Trinajstić information content (AvgIpc) is 2.98. The molecule has 9 heteroatoms. The second-order valence-corrected chi connectivity index (χ2v) is 10.3. The number of carboxylic acids is 1. The molecule has 1 heterocycles. The smallest absolute Gasteiger partial charge is 0.303 e. The normalized spacial score (nSPS) is 18.9. The molecule has 206 valence electrons. The SMILES string of the molecule is COc1ccccc1SCC1CC(c2ccc(CO)cc2)OC(c2ccc(CNC(=O)CCC(=O)O)cc2)O1. The molecule has 0 saturated carbocycles. The van der Waals surface area contributed by atoms with Crippen LogP contribution in [0.4, 0.5) is 0 Å². The minimum atomic E-state index is -0.996. The van der Waals surface area contributed by atoms with Gasteiger partial charge in [-0.05, 0) is 28.8 Å². The highest BCUT2D eigenvalue weighted by Gasteiger charge is 2.32. The van der Waals surface area contributed by atoms with Crippen molar-refractivity contribution in [2.45, 2.75) is 55.8 Å². The van der Waals surface area contributed by atoms with Crippen LogP contribution in [0.15, 0.2) is 77.7 Å². The Labute approximate surface area is 232 Å². The summed E-state index contributed by atoms with van der Waals surface area (Å²) in [6, 6.07) is 23.3. The first-order chi connectivity index (χ1) is 18.9. The van der Waals surface area contributed by atoms with Gasteiger partial charge in [-0.25, -0.2) is 0 Å². The van der Waals surface area contributed by atoms with Gasteiger partial charge in [-0.15, -0.1) is 11.8 Å². The second kappa shape index (κ2) is 14.1. The molecule has 0 aliphatic carbocycles. The van der Waals surface area contributed by atoms with E-state index in [1.54, 1.807) is 18.9 Å². The van der Waals surface area contributed by atoms with Crippen LogP contribution in [-0.4, -0.2) is 41.1 Å². The van der Waals surface area contributed by atoms with Crippen LogP contribution in [-0.2, 0) is 32.2 Å². The molecule has 1 aliphatic rings. The number of para-hydroxylation sites is 1. The Hall–Kier alpha value is -3.37. The van der Waals surface area contributed by atoms with Crippen molar-refractivity contribution in [3.8, 4) is 5.75 Å². The minimum absolute atomic E-state index is 0.0118. The number of carbonyl (C=O) groups is 2. The number of ether oxygens (including phenoxy) is 3. The first kappa shape index (κ1) is 28.6. The van der Waals surface area contributed by atoms with Gasteiger partial charge in [0, 0.05) is 35.6 Å². The summed E-state index contributed by atoms with van der Waals surface area (Å²) < 4.78 is 18.3. The molecule has 8 nitrogen and oxygen atoms in total. The largest absolute Gasteiger partial charge is 0.496 e. The molecule has 1 fully saturated rings. The third kappa shape index (κ3) is 8.31. The van der Waals surface area contributed by atoms with Crippen molar-refractivity contribution < 1.29 is 34.0 Å². The molecular formula is C30H33NO7S. The van der Waals surface area contributed by atoms with Crippen molar-refractivity contribution in [3.05, 3.63) is 95.1 Å². The predicted molar refractivity (Wildman–Crippen MR) is 147 cm³/mol. The van der Waals surface area contributed by atoms with Gasteiger partial charge in [0.1, 0.15) is 5.75 Å². The van der Waals surface area contributed by atoms with E-state index in [1.165, 1.54) is 0 Å². The Bertz CT molecular complexity index is 1230. The van der Waals surface area contributed by atoms with Crippen LogP contribution in [0.2, 0.25) is 0 Å². The maximum atomic E-state index is 11.8. The summed E-state index contributed by atoms with van der Waals surface area (Å²) in [6.07, 6.45) is -0.420. The maximum absolute atomic E-state index is 11.8. The zero-order valence-corrected chi connectivity index (χ0v) is 22.6. The van der Waals surface area contributed by atoms with Crippen LogP contribution >= 0.6 is 11.8 Å². The number of benzene rings is 3. The Morgan fingerprint density at radius 2 is 1.64 bits per heavy atom. The van der Waals surface area contributed by atoms with E-state index in [0.29, 0.717) is 18.7 Å². The standard InChI is InChI=1S/C30H33NO7S/c1-36-25-4-2-3-5-27(25)39-19-24-16-26(22-10-8-21(18-32)9-11-22)38-30(37-24)23-12-6-20(7-13-23)17-31-28(33)14-15-29(34)35/h2-13,24,26,30,32H,14-19H2,1H3,(H,31,33)(H,34,35). The number of carbonyl (C=O) groups excluding carboxylic acids is 1. The van der Waals surface area contributed by atoms with E-state index < -0.39 is 12.3 Å². The fraction of sp³-hybridized carbons (Fsp3) is 0.333. The molecule has 1 amide bonds. The van der Waals surface area contributed by atoms with Crippen LogP contribution in [0.1, 0.15) is 53.9 Å². The van der Waals surface area contributed by atoms with Crippen molar-refractivity contribution in [2.75, 3.05) is 12.9 Å². The molecule has 1 saturated heterocycles. The molecule has 0 radical (unpaired) electrons. The van der Waals surface area contributed by atoms with E-state index in [4.69, 9.17) is 19.3 Å². The molecule has 3 atom stereocenters. The molecule has 0 bridgehead atoms. The van der Waals surface area contributed by atoms with Gasteiger partial charge in [0.15, 0.2) is 6.29 Å². The van der Waals surface area contributed by atoms with E-state index in [0.717, 1.165) is 32.9 Å². The zero-order valence-electron chi connectivity index (χ0n) is 21.7. The van der Waals surface area contributed by atoms with E-state index >= 15 is 0 Å². The first-order valence-electron chi connectivity index (χ1n) is 12.8. The van der Waals surface area contributed by atoms with E-state index in [-0.39, 0.29) is 37.6 Å². The zero-order chi connectivity index (χ0) is 27.6. The molecule has 3 aromatic rings. The molecule has 1 aliphatic heterocycles. The molecule has 3 aromatic carbocycles. The topological polar surface area (TPSA) is 114 Å². The van der Waals surface area contributed by atoms with Crippen molar-refractivity contribution in [2.24, 2.45) is 0 Å². The lowest BCUT2D eigenvalue weighted by atomic mass is 10.0. The number of amides is 1. The molecule has 3 unspecified atom stereocenters. The Balaban J connectivity index is 1.45. The third-order valence-corrected chi connectivity index (χ3v) is 7.60. The summed E-state index contributed by atoms with van der Waals surface area (Å²) in [4.78, 5) is 23.5. The average molecular weight is 552 g/mol. The summed E-state index contributed by atoms with van der Waals surface area (Å²) >= 11 is 1.68. The van der Waals surface area contributed by atoms with Crippen LogP contribution in [0.25, 0.3) is 0 Å². The van der Waals surface area contributed by atoms with Gasteiger partial charge >= 0.3 is 5.97 Å². The fourth-order valence-electron chi connectivity index (χ4n) is 4.25. The molecule has 3 N–H and O–H groups in total. The monoisotopic (exact) mass is 551 g/mol. The Morgan fingerprint density at radius 3 is 2.33 bits per heavy atom. The minimum Gasteiger partial charge on any atom is -0.496 e. The second-order valence-electron chi connectivity index (χ2n) is 9.22. The molecular weight excluding hydrogens is 518 g/mol. The van der Waals surface area contributed by atoms with Gasteiger partial charge in [0.05, 0.1) is 32.3 Å². The molecule has 0 spiro atoms. The lowest BCUT2D eigenvalue weighted by molar-refractivity contribution is -0.245. The summed E-state index contributed by atoms with van der Waals surface area (Å²) in [6.45, 7) is 0.297. The number of rotatable bonds is 12. The number of hydrogen-bond donors (Lipinski definition) is 3. The van der Waals surface area contributed by atoms with Gasteiger partial charge in [0.2, 0.25) is 5.91 Å². The highest BCUT2D eigenvalue weighted by atomic mass is 32.2. The number of aliphatic hydroxyl groups excluding tert-OH is 1. The van der Waals surface area contributed by atoms with E-state index in [1.807, 2.05) is 72.8 Å². The number of nitrogens with one attached hydrogen (secondary N) is 1. The fourth-order valence-corrected chi connectivity index (χ4v) is 5.29. The van der Waals surface area contributed by atoms with Crippen molar-refractivity contribution in [1.29, 1.82) is 0 Å². The van der Waals surface area contributed by atoms with Gasteiger partial charge in [-0.2, -0.15) is 0 Å². The van der Waals surface area contributed by atoms with Crippen LogP contribution in [0.5, 0.6) is 5.75 Å². The highest BCUT2D eigenvalue weighted by Crippen LogP contribution is 2.40. The number of hydrogen-bond acceptors (Lipinski definition) is 7. The van der Waals surface area contributed by atoms with Crippen molar-refractivity contribution >= 4 is 23.6 Å². The summed E-state index contributed by atoms with van der Waals surface area (Å²) in [5, 5.41) is 20.9. The summed E-state index contributed by atoms with van der Waals surface area (Å²) in [7, 11) is 1.66. The number of aliphatic hydroxyl groups is 1. The van der Waals surface area contributed by atoms with E-state index in [2.05, 4.69) is 5.32 Å². The van der Waals surface area contributed by atoms with Gasteiger partial charge in [0.25, 0.3) is 0 Å². The predicted octanol–water partition coefficient (Wildman–Crippen LogP) is 5.01. The highest BCUT2D eigenvalue weighted by molar-refractivity contribution is 7.99. The maximum Gasteiger partial charge on any atom is 0.303 e.